The molecule has 1 heterocycles. The van der Waals surface area contributed by atoms with E-state index in [2.05, 4.69) is 97.8 Å². The number of carbonyl (C=O) groups excluding carboxylic acids is 1. The van der Waals surface area contributed by atoms with Gasteiger partial charge in [-0.1, -0.05) is 92.2 Å². The van der Waals surface area contributed by atoms with E-state index in [4.69, 9.17) is 0 Å². The van der Waals surface area contributed by atoms with Crippen LogP contribution >= 0.6 is 11.8 Å². The molecule has 0 unspecified atom stereocenters. The minimum absolute atomic E-state index is 0.0727. The van der Waals surface area contributed by atoms with Crippen LogP contribution in [-0.2, 0) is 10.2 Å². The summed E-state index contributed by atoms with van der Waals surface area (Å²) in [6.45, 7) is 12.7. The molecule has 0 radical (unpaired) electrons. The molecular weight excluding hydrogens is 452 g/mol. The van der Waals surface area contributed by atoms with Gasteiger partial charge in [0.1, 0.15) is 0 Å². The zero-order valence-electron chi connectivity index (χ0n) is 21.2. The minimum atomic E-state index is -0.0727. The lowest BCUT2D eigenvalue weighted by Crippen LogP contribution is -2.15. The van der Waals surface area contributed by atoms with Gasteiger partial charge in [-0.2, -0.15) is 0 Å². The van der Waals surface area contributed by atoms with E-state index in [0.717, 1.165) is 28.3 Å². The van der Waals surface area contributed by atoms with Gasteiger partial charge in [-0.05, 0) is 55.5 Å². The van der Waals surface area contributed by atoms with Crippen LogP contribution in [-0.4, -0.2) is 26.4 Å². The Morgan fingerprint density at radius 1 is 0.886 bits per heavy atom. The lowest BCUT2D eigenvalue weighted by atomic mass is 9.87. The Balaban J connectivity index is 1.61. The van der Waals surface area contributed by atoms with Crippen molar-refractivity contribution in [3.63, 3.8) is 0 Å². The van der Waals surface area contributed by atoms with Crippen molar-refractivity contribution >= 4 is 23.4 Å². The molecule has 1 amide bonds. The number of carbonyl (C=O) groups is 1. The predicted octanol–water partition coefficient (Wildman–Crippen LogP) is 6.89. The van der Waals surface area contributed by atoms with Gasteiger partial charge in [0.05, 0.1) is 5.75 Å². The van der Waals surface area contributed by atoms with Crippen LogP contribution in [0, 0.1) is 20.8 Å². The van der Waals surface area contributed by atoms with Crippen molar-refractivity contribution < 1.29 is 4.79 Å². The zero-order valence-corrected chi connectivity index (χ0v) is 22.0. The Morgan fingerprint density at radius 2 is 1.54 bits per heavy atom. The maximum absolute atomic E-state index is 12.7. The van der Waals surface area contributed by atoms with Crippen molar-refractivity contribution in [3.05, 3.63) is 89.0 Å². The summed E-state index contributed by atoms with van der Waals surface area (Å²) in [5.41, 5.74) is 7.52. The van der Waals surface area contributed by atoms with E-state index in [1.165, 1.54) is 28.5 Å². The molecule has 0 spiro atoms. The Hall–Kier alpha value is -3.38. The van der Waals surface area contributed by atoms with Gasteiger partial charge in [0.25, 0.3) is 0 Å². The number of rotatable bonds is 6. The average Bonchev–Trinajstić information content (AvgIpc) is 3.23. The third kappa shape index (κ3) is 5.82. The molecule has 0 aliphatic heterocycles. The third-order valence-corrected chi connectivity index (χ3v) is 6.85. The summed E-state index contributed by atoms with van der Waals surface area (Å²) in [6.07, 6.45) is 0. The highest BCUT2D eigenvalue weighted by molar-refractivity contribution is 7.99. The van der Waals surface area contributed by atoms with Crippen molar-refractivity contribution in [1.82, 2.24) is 14.8 Å². The molecule has 35 heavy (non-hydrogen) atoms. The Bertz CT molecular complexity index is 1330. The molecule has 4 rings (SSSR count). The van der Waals surface area contributed by atoms with Crippen molar-refractivity contribution in [3.8, 4) is 17.1 Å². The molecule has 0 saturated heterocycles. The minimum Gasteiger partial charge on any atom is -0.325 e. The van der Waals surface area contributed by atoms with Crippen LogP contribution in [0.15, 0.2) is 71.9 Å². The van der Waals surface area contributed by atoms with Crippen LogP contribution in [0.5, 0.6) is 0 Å². The van der Waals surface area contributed by atoms with Crippen molar-refractivity contribution in [2.45, 2.75) is 52.1 Å². The van der Waals surface area contributed by atoms with Crippen molar-refractivity contribution in [1.29, 1.82) is 0 Å². The van der Waals surface area contributed by atoms with E-state index in [1.807, 2.05) is 30.5 Å². The van der Waals surface area contributed by atoms with E-state index in [1.54, 1.807) is 0 Å². The van der Waals surface area contributed by atoms with Gasteiger partial charge in [-0.25, -0.2) is 0 Å². The molecular formula is C29H32N4OS. The number of hydrogen-bond donors (Lipinski definition) is 1. The average molecular weight is 485 g/mol. The molecule has 4 aromatic rings. The van der Waals surface area contributed by atoms with E-state index in [-0.39, 0.29) is 17.1 Å². The number of amides is 1. The fourth-order valence-corrected chi connectivity index (χ4v) is 4.62. The first-order valence-electron chi connectivity index (χ1n) is 11.7. The van der Waals surface area contributed by atoms with Gasteiger partial charge >= 0.3 is 0 Å². The fourth-order valence-electron chi connectivity index (χ4n) is 3.87. The molecule has 0 atom stereocenters. The van der Waals surface area contributed by atoms with Crippen LogP contribution in [0.1, 0.15) is 43.0 Å². The maximum Gasteiger partial charge on any atom is 0.234 e. The summed E-state index contributed by atoms with van der Waals surface area (Å²) in [5.74, 6) is 0.920. The number of aryl methyl sites for hydroxylation is 3. The smallest absolute Gasteiger partial charge is 0.234 e. The van der Waals surface area contributed by atoms with Crippen molar-refractivity contribution in [2.75, 3.05) is 11.1 Å². The maximum atomic E-state index is 12.7. The second kappa shape index (κ2) is 10.1. The van der Waals surface area contributed by atoms with Gasteiger partial charge in [0, 0.05) is 16.9 Å². The molecule has 0 fully saturated rings. The Morgan fingerprint density at radius 3 is 2.17 bits per heavy atom. The number of thioether (sulfide) groups is 1. The van der Waals surface area contributed by atoms with Gasteiger partial charge in [-0.3, -0.25) is 9.36 Å². The molecule has 0 saturated carbocycles. The lowest BCUT2D eigenvalue weighted by Gasteiger charge is -2.19. The second-order valence-corrected chi connectivity index (χ2v) is 10.9. The standard InChI is InChI=1S/C29H32N4OS/c1-19-7-14-24(15-8-19)33-27(22-10-12-23(13-11-22)29(4,5)6)31-32-28(33)35-18-26(34)30-25-16-9-20(2)17-21(25)3/h7-17H,18H2,1-6H3,(H,30,34). The summed E-state index contributed by atoms with van der Waals surface area (Å²) >= 11 is 1.38. The monoisotopic (exact) mass is 484 g/mol. The molecule has 5 nitrogen and oxygen atoms in total. The van der Waals surface area contributed by atoms with Gasteiger partial charge in [0.15, 0.2) is 11.0 Å². The first kappa shape index (κ1) is 24.7. The molecule has 1 aromatic heterocycles. The normalized spacial score (nSPS) is 11.5. The summed E-state index contributed by atoms with van der Waals surface area (Å²) in [6, 6.07) is 22.8. The quantitative estimate of drug-likeness (QED) is 0.303. The van der Waals surface area contributed by atoms with Gasteiger partial charge in [-0.15, -0.1) is 10.2 Å². The largest absolute Gasteiger partial charge is 0.325 e. The highest BCUT2D eigenvalue weighted by Gasteiger charge is 2.19. The van der Waals surface area contributed by atoms with E-state index in [9.17, 15) is 4.79 Å². The predicted molar refractivity (Wildman–Crippen MR) is 146 cm³/mol. The summed E-state index contributed by atoms with van der Waals surface area (Å²) in [4.78, 5) is 12.7. The molecule has 6 heteroatoms. The first-order chi connectivity index (χ1) is 16.6. The summed E-state index contributed by atoms with van der Waals surface area (Å²) in [5, 5.41) is 12.7. The molecule has 3 aromatic carbocycles. The summed E-state index contributed by atoms with van der Waals surface area (Å²) < 4.78 is 2.03. The topological polar surface area (TPSA) is 59.8 Å². The van der Waals surface area contributed by atoms with Crippen LogP contribution in [0.4, 0.5) is 5.69 Å². The Labute approximate surface area is 212 Å². The third-order valence-electron chi connectivity index (χ3n) is 5.92. The van der Waals surface area contributed by atoms with Gasteiger partial charge < -0.3 is 5.32 Å². The Kier molecular flexibility index (Phi) is 7.13. The highest BCUT2D eigenvalue weighted by atomic mass is 32.2. The number of nitrogens with one attached hydrogen (secondary N) is 1. The zero-order chi connectivity index (χ0) is 25.2. The number of nitrogens with zero attached hydrogens (tertiary/aromatic N) is 3. The molecule has 1 N–H and O–H groups in total. The van der Waals surface area contributed by atoms with Crippen LogP contribution < -0.4 is 5.32 Å². The van der Waals surface area contributed by atoms with Crippen LogP contribution in [0.2, 0.25) is 0 Å². The molecule has 180 valence electrons. The summed E-state index contributed by atoms with van der Waals surface area (Å²) in [7, 11) is 0. The number of benzene rings is 3. The van der Waals surface area contributed by atoms with Gasteiger partial charge in [0.2, 0.25) is 5.91 Å². The molecule has 0 bridgehead atoms. The van der Waals surface area contributed by atoms with E-state index < -0.39 is 0 Å². The fraction of sp³-hybridized carbons (Fsp3) is 0.276. The lowest BCUT2D eigenvalue weighted by molar-refractivity contribution is -0.113. The number of hydrogen-bond acceptors (Lipinski definition) is 4. The number of anilines is 1. The highest BCUT2D eigenvalue weighted by Crippen LogP contribution is 2.30. The van der Waals surface area contributed by atoms with E-state index >= 15 is 0 Å². The molecule has 0 aliphatic rings. The van der Waals surface area contributed by atoms with E-state index in [0.29, 0.717) is 5.16 Å². The first-order valence-corrected chi connectivity index (χ1v) is 12.7. The van der Waals surface area contributed by atoms with Crippen LogP contribution in [0.25, 0.3) is 17.1 Å². The second-order valence-electron chi connectivity index (χ2n) is 9.96. The number of aromatic nitrogens is 3. The molecule has 0 aliphatic carbocycles. The van der Waals surface area contributed by atoms with Crippen molar-refractivity contribution in [2.24, 2.45) is 0 Å². The van der Waals surface area contributed by atoms with Crippen LogP contribution in [0.3, 0.4) is 0 Å². The SMILES string of the molecule is Cc1ccc(-n2c(SCC(=O)Nc3ccc(C)cc3C)nnc2-c2ccc(C(C)(C)C)cc2)cc1.